The van der Waals surface area contributed by atoms with E-state index in [9.17, 15) is 0 Å². The molecule has 3 heteroatoms. The Hall–Kier alpha value is -1.32. The van der Waals surface area contributed by atoms with Crippen LogP contribution in [-0.4, -0.2) is 7.05 Å². The van der Waals surface area contributed by atoms with Gasteiger partial charge in [-0.2, -0.15) is 0 Å². The zero-order valence-electron chi connectivity index (χ0n) is 12.2. The maximum absolute atomic E-state index is 5.92. The second-order valence-electron chi connectivity index (χ2n) is 5.01. The summed E-state index contributed by atoms with van der Waals surface area (Å²) in [4.78, 5) is 0. The molecule has 0 saturated heterocycles. The fourth-order valence-corrected chi connectivity index (χ4v) is 2.63. The van der Waals surface area contributed by atoms with Gasteiger partial charge in [-0.05, 0) is 65.6 Å². The molecule has 2 rings (SSSR count). The van der Waals surface area contributed by atoms with Crippen molar-refractivity contribution in [1.29, 1.82) is 0 Å². The Bertz CT molecular complexity index is 596. The Labute approximate surface area is 129 Å². The first-order valence-corrected chi connectivity index (χ1v) is 7.51. The lowest BCUT2D eigenvalue weighted by Gasteiger charge is -2.12. The summed E-state index contributed by atoms with van der Waals surface area (Å²) in [5.74, 6) is 0.880. The summed E-state index contributed by atoms with van der Waals surface area (Å²) in [6, 6.07) is 12.6. The molecule has 2 nitrogen and oxygen atoms in total. The van der Waals surface area contributed by atoms with E-state index in [4.69, 9.17) is 4.74 Å². The molecule has 2 aromatic carbocycles. The highest BCUT2D eigenvalue weighted by atomic mass is 79.9. The molecule has 106 valence electrons. The average molecular weight is 334 g/mol. The van der Waals surface area contributed by atoms with Crippen LogP contribution in [0.1, 0.15) is 22.3 Å². The Balaban J connectivity index is 2.09. The first-order valence-electron chi connectivity index (χ1n) is 6.72. The zero-order valence-corrected chi connectivity index (χ0v) is 13.8. The average Bonchev–Trinajstić information content (AvgIpc) is 2.42. The second kappa shape index (κ2) is 6.91. The molecule has 20 heavy (non-hydrogen) atoms. The molecule has 1 N–H and O–H groups in total. The van der Waals surface area contributed by atoms with E-state index in [1.54, 1.807) is 0 Å². The van der Waals surface area contributed by atoms with Crippen molar-refractivity contribution in [2.45, 2.75) is 27.0 Å². The van der Waals surface area contributed by atoms with Gasteiger partial charge in [-0.3, -0.25) is 0 Å². The van der Waals surface area contributed by atoms with Gasteiger partial charge in [0.05, 0.1) is 4.47 Å². The van der Waals surface area contributed by atoms with Crippen LogP contribution in [0.2, 0.25) is 0 Å². The van der Waals surface area contributed by atoms with Gasteiger partial charge < -0.3 is 10.1 Å². The molecule has 0 aliphatic rings. The monoisotopic (exact) mass is 333 g/mol. The summed E-state index contributed by atoms with van der Waals surface area (Å²) in [6.45, 7) is 5.67. The summed E-state index contributed by atoms with van der Waals surface area (Å²) in [6.07, 6.45) is 0. The number of aryl methyl sites for hydroxylation is 2. The smallest absolute Gasteiger partial charge is 0.134 e. The first-order chi connectivity index (χ1) is 9.60. The van der Waals surface area contributed by atoms with Crippen LogP contribution in [0, 0.1) is 13.8 Å². The van der Waals surface area contributed by atoms with Gasteiger partial charge in [0.2, 0.25) is 0 Å². The highest BCUT2D eigenvalue weighted by Crippen LogP contribution is 2.27. The van der Waals surface area contributed by atoms with Crippen LogP contribution < -0.4 is 10.1 Å². The van der Waals surface area contributed by atoms with Crippen molar-refractivity contribution in [3.8, 4) is 5.75 Å². The van der Waals surface area contributed by atoms with E-state index in [0.717, 1.165) is 16.8 Å². The van der Waals surface area contributed by atoms with Gasteiger partial charge in [-0.25, -0.2) is 0 Å². The highest BCUT2D eigenvalue weighted by Gasteiger charge is 2.05. The lowest BCUT2D eigenvalue weighted by molar-refractivity contribution is 0.303. The van der Waals surface area contributed by atoms with Crippen LogP contribution in [0.25, 0.3) is 0 Å². The van der Waals surface area contributed by atoms with E-state index in [1.165, 1.54) is 22.3 Å². The van der Waals surface area contributed by atoms with Gasteiger partial charge in [0.1, 0.15) is 12.4 Å². The molecule has 0 fully saturated rings. The molecule has 0 amide bonds. The molecule has 2 aromatic rings. The van der Waals surface area contributed by atoms with Gasteiger partial charge in [0.15, 0.2) is 0 Å². The van der Waals surface area contributed by atoms with E-state index < -0.39 is 0 Å². The van der Waals surface area contributed by atoms with Crippen molar-refractivity contribution in [2.24, 2.45) is 0 Å². The van der Waals surface area contributed by atoms with Crippen molar-refractivity contribution in [1.82, 2.24) is 5.32 Å². The molecule has 0 saturated carbocycles. The third-order valence-electron chi connectivity index (χ3n) is 3.27. The summed E-state index contributed by atoms with van der Waals surface area (Å²) in [7, 11) is 1.94. The van der Waals surface area contributed by atoms with E-state index in [-0.39, 0.29) is 0 Å². The lowest BCUT2D eigenvalue weighted by Crippen LogP contribution is -2.05. The zero-order chi connectivity index (χ0) is 14.5. The first kappa shape index (κ1) is 15.1. The molecule has 0 radical (unpaired) electrons. The summed E-state index contributed by atoms with van der Waals surface area (Å²) in [5.41, 5.74) is 4.99. The van der Waals surface area contributed by atoms with Crippen LogP contribution >= 0.6 is 15.9 Å². The molecule has 0 aliphatic carbocycles. The molecule has 0 aliphatic heterocycles. The van der Waals surface area contributed by atoms with Crippen LogP contribution in [0.5, 0.6) is 5.75 Å². The summed E-state index contributed by atoms with van der Waals surface area (Å²) in [5, 5.41) is 3.14. The maximum Gasteiger partial charge on any atom is 0.134 e. The second-order valence-corrected chi connectivity index (χ2v) is 5.87. The number of benzene rings is 2. The third kappa shape index (κ3) is 3.84. The van der Waals surface area contributed by atoms with Gasteiger partial charge in [0, 0.05) is 6.54 Å². The van der Waals surface area contributed by atoms with Gasteiger partial charge >= 0.3 is 0 Å². The van der Waals surface area contributed by atoms with Crippen LogP contribution in [0.15, 0.2) is 40.9 Å². The minimum absolute atomic E-state index is 0.595. The van der Waals surface area contributed by atoms with Crippen LogP contribution in [0.3, 0.4) is 0 Å². The Morgan fingerprint density at radius 3 is 2.60 bits per heavy atom. The minimum Gasteiger partial charge on any atom is -0.488 e. The standard InChI is InChI=1S/C17H20BrNO/c1-12-4-5-13(2)15(8-12)11-20-17-7-6-14(10-19-3)9-16(17)18/h4-9,19H,10-11H2,1-3H3. The van der Waals surface area contributed by atoms with Crippen molar-refractivity contribution in [2.75, 3.05) is 7.05 Å². The fourth-order valence-electron chi connectivity index (χ4n) is 2.09. The number of rotatable bonds is 5. The molecule has 0 atom stereocenters. The van der Waals surface area contributed by atoms with Gasteiger partial charge in [0.25, 0.3) is 0 Å². The predicted molar refractivity (Wildman–Crippen MR) is 87.2 cm³/mol. The highest BCUT2D eigenvalue weighted by molar-refractivity contribution is 9.10. The normalized spacial score (nSPS) is 10.6. The van der Waals surface area contributed by atoms with Crippen LogP contribution in [-0.2, 0) is 13.2 Å². The third-order valence-corrected chi connectivity index (χ3v) is 3.88. The Kier molecular flexibility index (Phi) is 5.21. The van der Waals surface area contributed by atoms with Crippen molar-refractivity contribution in [3.05, 3.63) is 63.1 Å². The topological polar surface area (TPSA) is 21.3 Å². The predicted octanol–water partition coefficient (Wildman–Crippen LogP) is 4.36. The largest absolute Gasteiger partial charge is 0.488 e. The van der Waals surface area contributed by atoms with E-state index in [1.807, 2.05) is 13.1 Å². The molecular weight excluding hydrogens is 314 g/mol. The molecule has 0 spiro atoms. The van der Waals surface area contributed by atoms with Crippen molar-refractivity contribution in [3.63, 3.8) is 0 Å². The molecular formula is C17H20BrNO. The fraction of sp³-hybridized carbons (Fsp3) is 0.294. The number of halogens is 1. The Morgan fingerprint density at radius 1 is 1.10 bits per heavy atom. The number of ether oxygens (including phenoxy) is 1. The maximum atomic E-state index is 5.92. The quantitative estimate of drug-likeness (QED) is 0.877. The number of hydrogen-bond acceptors (Lipinski definition) is 2. The SMILES string of the molecule is CNCc1ccc(OCc2cc(C)ccc2C)c(Br)c1. The minimum atomic E-state index is 0.595. The number of hydrogen-bond donors (Lipinski definition) is 1. The summed E-state index contributed by atoms with van der Waals surface area (Å²) < 4.78 is 6.92. The van der Waals surface area contributed by atoms with Crippen molar-refractivity contribution >= 4 is 15.9 Å². The van der Waals surface area contributed by atoms with Crippen LogP contribution in [0.4, 0.5) is 0 Å². The summed E-state index contributed by atoms with van der Waals surface area (Å²) >= 11 is 3.57. The number of nitrogens with one attached hydrogen (secondary N) is 1. The molecule has 0 aromatic heterocycles. The van der Waals surface area contributed by atoms with Crippen molar-refractivity contribution < 1.29 is 4.74 Å². The lowest BCUT2D eigenvalue weighted by atomic mass is 10.1. The molecule has 0 unspecified atom stereocenters. The van der Waals surface area contributed by atoms with Gasteiger partial charge in [-0.15, -0.1) is 0 Å². The molecule has 0 bridgehead atoms. The van der Waals surface area contributed by atoms with E-state index in [2.05, 4.69) is 65.4 Å². The van der Waals surface area contributed by atoms with Gasteiger partial charge in [-0.1, -0.05) is 29.8 Å². The van der Waals surface area contributed by atoms with E-state index >= 15 is 0 Å². The van der Waals surface area contributed by atoms with E-state index in [0.29, 0.717) is 6.61 Å². The molecule has 0 heterocycles. The Morgan fingerprint density at radius 2 is 1.90 bits per heavy atom.